The zero-order chi connectivity index (χ0) is 18.1. The summed E-state index contributed by atoms with van der Waals surface area (Å²) in [6.07, 6.45) is 8.89. The van der Waals surface area contributed by atoms with Crippen LogP contribution in [0.5, 0.6) is 0 Å². The maximum atomic E-state index is 13.1. The number of piperidine rings is 1. The SMILES string of the molecule is NC(=O)CC1C(=O)N(C2CCN(C3CCCCC3)CC2)c2ccccc21. The third kappa shape index (κ3) is 3.25. The molecular formula is C21H29N3O2. The highest BCUT2D eigenvalue weighted by Gasteiger charge is 2.42. The van der Waals surface area contributed by atoms with Crippen molar-refractivity contribution in [2.75, 3.05) is 18.0 Å². The quantitative estimate of drug-likeness (QED) is 0.903. The minimum atomic E-state index is -0.410. The van der Waals surface area contributed by atoms with Crippen molar-refractivity contribution in [1.82, 2.24) is 4.90 Å². The molecule has 0 spiro atoms. The first kappa shape index (κ1) is 17.5. The number of hydrogen-bond acceptors (Lipinski definition) is 3. The summed E-state index contributed by atoms with van der Waals surface area (Å²) in [4.78, 5) is 29.2. The van der Waals surface area contributed by atoms with E-state index < -0.39 is 11.8 Å². The average molecular weight is 355 g/mol. The second-order valence-electron chi connectivity index (χ2n) is 8.05. The van der Waals surface area contributed by atoms with Crippen molar-refractivity contribution in [2.24, 2.45) is 5.73 Å². The van der Waals surface area contributed by atoms with Gasteiger partial charge in [-0.15, -0.1) is 0 Å². The summed E-state index contributed by atoms with van der Waals surface area (Å²) in [5, 5.41) is 0. The lowest BCUT2D eigenvalue weighted by atomic mass is 9.91. The molecule has 0 aromatic heterocycles. The molecular weight excluding hydrogens is 326 g/mol. The van der Waals surface area contributed by atoms with Crippen LogP contribution in [0.4, 0.5) is 5.69 Å². The lowest BCUT2D eigenvalue weighted by molar-refractivity contribution is -0.124. The van der Waals surface area contributed by atoms with Gasteiger partial charge in [-0.3, -0.25) is 9.59 Å². The fourth-order valence-corrected chi connectivity index (χ4v) is 5.15. The Kier molecular flexibility index (Phi) is 4.98. The lowest BCUT2D eigenvalue weighted by Crippen LogP contribution is -2.49. The topological polar surface area (TPSA) is 66.6 Å². The van der Waals surface area contributed by atoms with E-state index in [0.717, 1.165) is 43.2 Å². The van der Waals surface area contributed by atoms with Crippen LogP contribution < -0.4 is 10.6 Å². The number of anilines is 1. The number of carbonyl (C=O) groups excluding carboxylic acids is 2. The van der Waals surface area contributed by atoms with E-state index in [2.05, 4.69) is 4.90 Å². The van der Waals surface area contributed by atoms with Crippen LogP contribution in [0.25, 0.3) is 0 Å². The average Bonchev–Trinajstić information content (AvgIpc) is 2.94. The summed E-state index contributed by atoms with van der Waals surface area (Å²) in [6, 6.07) is 8.88. The number of primary amides is 1. The monoisotopic (exact) mass is 355 g/mol. The molecule has 0 radical (unpaired) electrons. The molecule has 4 rings (SSSR count). The number of para-hydroxylation sites is 1. The Balaban J connectivity index is 1.48. The van der Waals surface area contributed by atoms with Crippen molar-refractivity contribution in [3.63, 3.8) is 0 Å². The number of hydrogen-bond donors (Lipinski definition) is 1. The summed E-state index contributed by atoms with van der Waals surface area (Å²) < 4.78 is 0. The smallest absolute Gasteiger partial charge is 0.235 e. The first-order valence-corrected chi connectivity index (χ1v) is 10.1. The molecule has 2 aliphatic heterocycles. The molecule has 1 saturated carbocycles. The van der Waals surface area contributed by atoms with Gasteiger partial charge >= 0.3 is 0 Å². The van der Waals surface area contributed by atoms with Gasteiger partial charge < -0.3 is 15.5 Å². The van der Waals surface area contributed by atoms with Crippen LogP contribution in [-0.4, -0.2) is 41.9 Å². The number of nitrogens with two attached hydrogens (primary N) is 1. The number of rotatable bonds is 4. The van der Waals surface area contributed by atoms with Crippen molar-refractivity contribution < 1.29 is 9.59 Å². The summed E-state index contributed by atoms with van der Waals surface area (Å²) in [5.41, 5.74) is 7.35. The normalized spacial score (nSPS) is 25.5. The van der Waals surface area contributed by atoms with Crippen LogP contribution >= 0.6 is 0 Å². The van der Waals surface area contributed by atoms with Crippen LogP contribution in [0, 0.1) is 0 Å². The standard InChI is InChI=1S/C21H29N3O2/c22-20(25)14-18-17-8-4-5-9-19(17)24(21(18)26)16-10-12-23(13-11-16)15-6-2-1-3-7-15/h4-5,8-9,15-16,18H,1-3,6-7,10-14H2,(H2,22,25). The number of likely N-dealkylation sites (tertiary alicyclic amines) is 1. The number of amides is 2. The first-order chi connectivity index (χ1) is 12.6. The highest BCUT2D eigenvalue weighted by molar-refractivity contribution is 6.07. The third-order valence-electron chi connectivity index (χ3n) is 6.47. The van der Waals surface area contributed by atoms with Gasteiger partial charge in [-0.05, 0) is 37.3 Å². The Morgan fingerprint density at radius 1 is 1.00 bits per heavy atom. The molecule has 2 amide bonds. The Hall–Kier alpha value is -1.88. The molecule has 0 bridgehead atoms. The molecule has 140 valence electrons. The second kappa shape index (κ2) is 7.39. The number of carbonyl (C=O) groups is 2. The summed E-state index contributed by atoms with van der Waals surface area (Å²) in [5.74, 6) is -0.756. The zero-order valence-electron chi connectivity index (χ0n) is 15.4. The van der Waals surface area contributed by atoms with Gasteiger partial charge in [0.2, 0.25) is 11.8 Å². The Bertz CT molecular complexity index is 676. The molecule has 26 heavy (non-hydrogen) atoms. The number of benzene rings is 1. The molecule has 2 N–H and O–H groups in total. The molecule has 3 aliphatic rings. The third-order valence-corrected chi connectivity index (χ3v) is 6.47. The van der Waals surface area contributed by atoms with Crippen molar-refractivity contribution >= 4 is 17.5 Å². The van der Waals surface area contributed by atoms with Crippen LogP contribution in [0.15, 0.2) is 24.3 Å². The number of fused-ring (bicyclic) bond motifs is 1. The largest absolute Gasteiger partial charge is 0.370 e. The van der Waals surface area contributed by atoms with E-state index >= 15 is 0 Å². The summed E-state index contributed by atoms with van der Waals surface area (Å²) >= 11 is 0. The molecule has 1 unspecified atom stereocenters. The molecule has 5 heteroatoms. The van der Waals surface area contributed by atoms with E-state index in [9.17, 15) is 9.59 Å². The van der Waals surface area contributed by atoms with E-state index in [1.165, 1.54) is 32.1 Å². The van der Waals surface area contributed by atoms with Gasteiger partial charge in [-0.25, -0.2) is 0 Å². The predicted molar refractivity (Wildman–Crippen MR) is 102 cm³/mol. The Morgan fingerprint density at radius 2 is 1.69 bits per heavy atom. The van der Waals surface area contributed by atoms with Crippen LogP contribution in [0.2, 0.25) is 0 Å². The molecule has 1 aromatic carbocycles. The molecule has 5 nitrogen and oxygen atoms in total. The molecule has 2 heterocycles. The van der Waals surface area contributed by atoms with Gasteiger partial charge in [0.1, 0.15) is 0 Å². The van der Waals surface area contributed by atoms with E-state index in [1.54, 1.807) is 0 Å². The van der Waals surface area contributed by atoms with Gasteiger partial charge in [0, 0.05) is 37.3 Å². The van der Waals surface area contributed by atoms with E-state index in [-0.39, 0.29) is 18.4 Å². The lowest BCUT2D eigenvalue weighted by Gasteiger charge is -2.41. The van der Waals surface area contributed by atoms with Crippen LogP contribution in [0.3, 0.4) is 0 Å². The minimum Gasteiger partial charge on any atom is -0.370 e. The Labute approximate surface area is 155 Å². The first-order valence-electron chi connectivity index (χ1n) is 10.1. The Morgan fingerprint density at radius 3 is 2.38 bits per heavy atom. The molecule has 1 aliphatic carbocycles. The van der Waals surface area contributed by atoms with Crippen LogP contribution in [0.1, 0.15) is 62.8 Å². The fourth-order valence-electron chi connectivity index (χ4n) is 5.15. The van der Waals surface area contributed by atoms with Gasteiger partial charge in [0.25, 0.3) is 0 Å². The van der Waals surface area contributed by atoms with Crippen molar-refractivity contribution in [3.8, 4) is 0 Å². The van der Waals surface area contributed by atoms with Crippen molar-refractivity contribution in [3.05, 3.63) is 29.8 Å². The van der Waals surface area contributed by atoms with Crippen LogP contribution in [-0.2, 0) is 9.59 Å². The molecule has 2 fully saturated rings. The van der Waals surface area contributed by atoms with E-state index in [0.29, 0.717) is 0 Å². The summed E-state index contributed by atoms with van der Waals surface area (Å²) in [6.45, 7) is 2.14. The van der Waals surface area contributed by atoms with Crippen molar-refractivity contribution in [2.45, 2.75) is 69.4 Å². The minimum absolute atomic E-state index is 0.0566. The second-order valence-corrected chi connectivity index (χ2v) is 8.05. The van der Waals surface area contributed by atoms with Crippen molar-refractivity contribution in [1.29, 1.82) is 0 Å². The predicted octanol–water partition coefficient (Wildman–Crippen LogP) is 2.79. The molecule has 1 saturated heterocycles. The molecule has 1 atom stereocenters. The van der Waals surface area contributed by atoms with Gasteiger partial charge in [-0.2, -0.15) is 0 Å². The maximum absolute atomic E-state index is 13.1. The highest BCUT2D eigenvalue weighted by atomic mass is 16.2. The molecule has 1 aromatic rings. The van der Waals surface area contributed by atoms with E-state index in [1.807, 2.05) is 29.2 Å². The van der Waals surface area contributed by atoms with E-state index in [4.69, 9.17) is 5.73 Å². The number of nitrogens with zero attached hydrogens (tertiary/aromatic N) is 2. The van der Waals surface area contributed by atoms with Gasteiger partial charge in [-0.1, -0.05) is 37.5 Å². The highest BCUT2D eigenvalue weighted by Crippen LogP contribution is 2.42. The van der Waals surface area contributed by atoms with Gasteiger partial charge in [0.05, 0.1) is 5.92 Å². The maximum Gasteiger partial charge on any atom is 0.235 e. The fraction of sp³-hybridized carbons (Fsp3) is 0.619. The zero-order valence-corrected chi connectivity index (χ0v) is 15.4. The summed E-state index contributed by atoms with van der Waals surface area (Å²) in [7, 11) is 0. The van der Waals surface area contributed by atoms with Gasteiger partial charge in [0.15, 0.2) is 0 Å².